The van der Waals surface area contributed by atoms with Gasteiger partial charge in [0.25, 0.3) is 5.91 Å². The summed E-state index contributed by atoms with van der Waals surface area (Å²) < 4.78 is 10.7. The van der Waals surface area contributed by atoms with E-state index in [0.717, 1.165) is 22.5 Å². The molecule has 0 spiro atoms. The molecule has 140 valence electrons. The molecule has 3 aromatic heterocycles. The van der Waals surface area contributed by atoms with Crippen LogP contribution in [0.1, 0.15) is 16.1 Å². The van der Waals surface area contributed by atoms with Gasteiger partial charge in [0.15, 0.2) is 0 Å². The van der Waals surface area contributed by atoms with Gasteiger partial charge in [0.2, 0.25) is 0 Å². The summed E-state index contributed by atoms with van der Waals surface area (Å²) in [7, 11) is 1.60. The topological polar surface area (TPSA) is 93.0 Å². The Bertz CT molecular complexity index is 1090. The molecule has 0 aliphatic rings. The van der Waals surface area contributed by atoms with Gasteiger partial charge in [-0.05, 0) is 42.0 Å². The zero-order valence-electron chi connectivity index (χ0n) is 15.2. The molecule has 28 heavy (non-hydrogen) atoms. The molecule has 0 bridgehead atoms. The molecule has 0 saturated carbocycles. The number of methoxy groups -OCH3 is 1. The van der Waals surface area contributed by atoms with Crippen molar-refractivity contribution in [3.63, 3.8) is 0 Å². The van der Waals surface area contributed by atoms with E-state index < -0.39 is 0 Å². The van der Waals surface area contributed by atoms with Crippen molar-refractivity contribution in [2.24, 2.45) is 0 Å². The maximum absolute atomic E-state index is 12.5. The lowest BCUT2D eigenvalue weighted by molar-refractivity contribution is 0.0946. The van der Waals surface area contributed by atoms with Gasteiger partial charge in [-0.15, -0.1) is 0 Å². The van der Waals surface area contributed by atoms with E-state index in [9.17, 15) is 4.79 Å². The van der Waals surface area contributed by atoms with Crippen molar-refractivity contribution >= 4 is 5.91 Å². The number of para-hydroxylation sites is 1. The normalized spacial score (nSPS) is 10.6. The average molecular weight is 374 g/mol. The number of hydrogen-bond acceptors (Lipinski definition) is 5. The maximum Gasteiger partial charge on any atom is 0.269 e. The number of aromatic amines is 1. The fraction of sp³-hybridized carbons (Fsp3) is 0.0952. The van der Waals surface area contributed by atoms with Gasteiger partial charge in [-0.1, -0.05) is 12.1 Å². The van der Waals surface area contributed by atoms with E-state index in [2.05, 4.69) is 20.5 Å². The fourth-order valence-electron chi connectivity index (χ4n) is 2.87. The van der Waals surface area contributed by atoms with Gasteiger partial charge in [-0.25, -0.2) is 0 Å². The third-order valence-corrected chi connectivity index (χ3v) is 4.26. The minimum absolute atomic E-state index is 0.253. The van der Waals surface area contributed by atoms with Crippen molar-refractivity contribution in [2.75, 3.05) is 7.11 Å². The van der Waals surface area contributed by atoms with Gasteiger partial charge in [0.05, 0.1) is 19.1 Å². The number of pyridine rings is 1. The molecule has 0 atom stereocenters. The summed E-state index contributed by atoms with van der Waals surface area (Å²) in [4.78, 5) is 16.7. The first-order chi connectivity index (χ1) is 13.7. The van der Waals surface area contributed by atoms with E-state index in [1.54, 1.807) is 31.8 Å². The van der Waals surface area contributed by atoms with E-state index >= 15 is 0 Å². The molecule has 3 heterocycles. The minimum atomic E-state index is -0.253. The second kappa shape index (κ2) is 7.79. The lowest BCUT2D eigenvalue weighted by atomic mass is 10.1. The van der Waals surface area contributed by atoms with Gasteiger partial charge in [0.1, 0.15) is 17.2 Å². The number of furan rings is 1. The van der Waals surface area contributed by atoms with Crippen LogP contribution >= 0.6 is 0 Å². The van der Waals surface area contributed by atoms with Crippen LogP contribution in [0.15, 0.2) is 71.6 Å². The van der Waals surface area contributed by atoms with Crippen molar-refractivity contribution < 1.29 is 13.9 Å². The van der Waals surface area contributed by atoms with Crippen molar-refractivity contribution in [1.82, 2.24) is 20.5 Å². The molecule has 0 fully saturated rings. The zero-order valence-corrected chi connectivity index (χ0v) is 15.2. The summed E-state index contributed by atoms with van der Waals surface area (Å²) >= 11 is 0. The van der Waals surface area contributed by atoms with Crippen molar-refractivity contribution in [1.29, 1.82) is 0 Å². The number of amides is 1. The van der Waals surface area contributed by atoms with Crippen LogP contribution in [-0.2, 0) is 6.54 Å². The molecule has 7 heteroatoms. The van der Waals surface area contributed by atoms with Crippen LogP contribution in [0.5, 0.6) is 5.75 Å². The largest absolute Gasteiger partial charge is 0.496 e. The lowest BCUT2D eigenvalue weighted by Gasteiger charge is -2.05. The highest BCUT2D eigenvalue weighted by atomic mass is 16.5. The predicted molar refractivity (Wildman–Crippen MR) is 104 cm³/mol. The molecule has 0 unspecified atom stereocenters. The number of nitrogens with zero attached hydrogens (tertiary/aromatic N) is 2. The van der Waals surface area contributed by atoms with Crippen molar-refractivity contribution in [3.8, 4) is 28.3 Å². The van der Waals surface area contributed by atoms with Crippen LogP contribution in [0.4, 0.5) is 0 Å². The van der Waals surface area contributed by atoms with E-state index in [1.165, 1.54) is 0 Å². The Morgan fingerprint density at radius 1 is 1.18 bits per heavy atom. The number of H-pyrrole nitrogens is 1. The first-order valence-electron chi connectivity index (χ1n) is 8.69. The standard InChI is InChI=1S/C21H18N4O3/c1-27-20-6-3-2-5-16(20)17-10-18(25-24-17)21(26)23-12-14-9-15(13-22-11-14)19-7-4-8-28-19/h2-11,13H,12H2,1H3,(H,23,26)(H,24,25). The van der Waals surface area contributed by atoms with Gasteiger partial charge < -0.3 is 14.5 Å². The number of carbonyl (C=O) groups excluding carboxylic acids is 1. The third kappa shape index (κ3) is 3.64. The maximum atomic E-state index is 12.5. The molecule has 0 radical (unpaired) electrons. The Balaban J connectivity index is 1.45. The van der Waals surface area contributed by atoms with Gasteiger partial charge >= 0.3 is 0 Å². The molecule has 0 saturated heterocycles. The minimum Gasteiger partial charge on any atom is -0.496 e. The quantitative estimate of drug-likeness (QED) is 0.537. The van der Waals surface area contributed by atoms with Gasteiger partial charge in [0, 0.05) is 30.1 Å². The molecular weight excluding hydrogens is 356 g/mol. The molecule has 1 aromatic carbocycles. The van der Waals surface area contributed by atoms with Crippen LogP contribution in [0.2, 0.25) is 0 Å². The van der Waals surface area contributed by atoms with Gasteiger partial charge in [-0.2, -0.15) is 5.10 Å². The first kappa shape index (κ1) is 17.5. The fourth-order valence-corrected chi connectivity index (χ4v) is 2.87. The summed E-state index contributed by atoms with van der Waals surface area (Å²) in [5.41, 5.74) is 3.55. The number of hydrogen-bond donors (Lipinski definition) is 2. The molecule has 1 amide bonds. The highest BCUT2D eigenvalue weighted by molar-refractivity contribution is 5.93. The number of nitrogens with one attached hydrogen (secondary N) is 2. The number of benzene rings is 1. The number of carbonyl (C=O) groups is 1. The monoisotopic (exact) mass is 374 g/mol. The highest BCUT2D eigenvalue weighted by Gasteiger charge is 2.13. The highest BCUT2D eigenvalue weighted by Crippen LogP contribution is 2.28. The first-order valence-corrected chi connectivity index (χ1v) is 8.69. The Morgan fingerprint density at radius 2 is 2.07 bits per heavy atom. The van der Waals surface area contributed by atoms with E-state index in [1.807, 2.05) is 42.5 Å². The molecule has 7 nitrogen and oxygen atoms in total. The van der Waals surface area contributed by atoms with E-state index in [4.69, 9.17) is 9.15 Å². The van der Waals surface area contributed by atoms with Gasteiger partial charge in [-0.3, -0.25) is 14.9 Å². The summed E-state index contributed by atoms with van der Waals surface area (Å²) in [6.07, 6.45) is 5.04. The van der Waals surface area contributed by atoms with Crippen LogP contribution in [0.25, 0.3) is 22.6 Å². The van der Waals surface area contributed by atoms with Crippen molar-refractivity contribution in [3.05, 3.63) is 78.4 Å². The van der Waals surface area contributed by atoms with Crippen LogP contribution in [0, 0.1) is 0 Å². The number of ether oxygens (including phenoxy) is 1. The second-order valence-corrected chi connectivity index (χ2v) is 6.11. The van der Waals surface area contributed by atoms with E-state index in [-0.39, 0.29) is 5.91 Å². The summed E-state index contributed by atoms with van der Waals surface area (Å²) in [5, 5.41) is 9.87. The summed E-state index contributed by atoms with van der Waals surface area (Å²) in [6, 6.07) is 14.8. The number of rotatable bonds is 6. The molecule has 0 aliphatic heterocycles. The SMILES string of the molecule is COc1ccccc1-c1cc(C(=O)NCc2cncc(-c3ccco3)c2)[nH]n1. The Kier molecular flexibility index (Phi) is 4.88. The smallest absolute Gasteiger partial charge is 0.269 e. The molecule has 0 aliphatic carbocycles. The Morgan fingerprint density at radius 3 is 2.89 bits per heavy atom. The third-order valence-electron chi connectivity index (χ3n) is 4.26. The summed E-state index contributed by atoms with van der Waals surface area (Å²) in [6.45, 7) is 0.337. The summed E-state index contributed by atoms with van der Waals surface area (Å²) in [5.74, 6) is 1.18. The van der Waals surface area contributed by atoms with Crippen LogP contribution in [0.3, 0.4) is 0 Å². The number of aromatic nitrogens is 3. The van der Waals surface area contributed by atoms with Crippen LogP contribution < -0.4 is 10.1 Å². The molecule has 4 aromatic rings. The molecule has 2 N–H and O–H groups in total. The molecular formula is C21H18N4O3. The Hall–Kier alpha value is -3.87. The van der Waals surface area contributed by atoms with Crippen LogP contribution in [-0.4, -0.2) is 28.2 Å². The van der Waals surface area contributed by atoms with E-state index in [0.29, 0.717) is 23.7 Å². The van der Waals surface area contributed by atoms with Crippen molar-refractivity contribution in [2.45, 2.75) is 6.54 Å². The average Bonchev–Trinajstić information content (AvgIpc) is 3.44. The lowest BCUT2D eigenvalue weighted by Crippen LogP contribution is -2.23. The molecule has 4 rings (SSSR count). The Labute approximate surface area is 161 Å². The zero-order chi connectivity index (χ0) is 19.3. The predicted octanol–water partition coefficient (Wildman–Crippen LogP) is 3.67. The second-order valence-electron chi connectivity index (χ2n) is 6.11.